The summed E-state index contributed by atoms with van der Waals surface area (Å²) >= 11 is 0. The minimum Gasteiger partial charge on any atom is -0.540 e. The number of phenols is 1. The van der Waals surface area contributed by atoms with Gasteiger partial charge in [-0.05, 0) is 43.4 Å². The van der Waals surface area contributed by atoms with Crippen LogP contribution in [-0.4, -0.2) is 41.5 Å². The molecule has 0 spiro atoms. The second kappa shape index (κ2) is 10.3. The summed E-state index contributed by atoms with van der Waals surface area (Å²) in [6.07, 6.45) is 4.54. The number of phenolic OH excluding ortho intramolecular Hbond substituents is 1. The fourth-order valence-corrected chi connectivity index (χ4v) is 2.84. The Balaban J connectivity index is 0.00000288. The predicted octanol–water partition coefficient (Wildman–Crippen LogP) is 2.22. The second-order valence-electron chi connectivity index (χ2n) is 5.93. The van der Waals surface area contributed by atoms with Crippen LogP contribution in [0.15, 0.2) is 12.1 Å². The molecule has 0 amide bonds. The van der Waals surface area contributed by atoms with Crippen molar-refractivity contribution in [3.8, 4) is 5.75 Å². The minimum atomic E-state index is -0.251. The van der Waals surface area contributed by atoms with Crippen molar-refractivity contribution in [3.63, 3.8) is 0 Å². The zero-order valence-electron chi connectivity index (χ0n) is 14.2. The second-order valence-corrected chi connectivity index (χ2v) is 5.93. The largest absolute Gasteiger partial charge is 0.540 e. The average molecular weight is 406 g/mol. The molecule has 1 unspecified atom stereocenters. The molecule has 5 nitrogen and oxygen atoms in total. The zero-order chi connectivity index (χ0) is 16.8. The third-order valence-corrected chi connectivity index (χ3v) is 4.12. The topological polar surface area (TPSA) is 66.8 Å². The first-order valence-electron chi connectivity index (χ1n) is 7.92. The van der Waals surface area contributed by atoms with Crippen LogP contribution < -0.4 is 0 Å². The van der Waals surface area contributed by atoms with Gasteiger partial charge in [-0.3, -0.25) is 4.79 Å². The number of aryl methyl sites for hydroxylation is 3. The summed E-state index contributed by atoms with van der Waals surface area (Å²) < 4.78 is 5.22. The first-order chi connectivity index (χ1) is 11.0. The summed E-state index contributed by atoms with van der Waals surface area (Å²) in [7, 11) is 0. The Morgan fingerprint density at radius 2 is 2.04 bits per heavy atom. The first kappa shape index (κ1) is 21.3. The van der Waals surface area contributed by atoms with Crippen molar-refractivity contribution in [1.82, 2.24) is 4.90 Å². The van der Waals surface area contributed by atoms with Crippen molar-refractivity contribution in [2.24, 2.45) is 0 Å². The molecule has 1 heterocycles. The van der Waals surface area contributed by atoms with Gasteiger partial charge in [0.15, 0.2) is 0 Å². The molecule has 2 rings (SSSR count). The molecule has 0 aromatic heterocycles. The van der Waals surface area contributed by atoms with Crippen molar-refractivity contribution in [3.05, 3.63) is 35.4 Å². The number of likely N-dealkylation sites (tertiary alicyclic amines) is 1. The number of nitrogens with zero attached hydrogens (tertiary/aromatic N) is 1. The molecule has 1 fully saturated rings. The van der Waals surface area contributed by atoms with E-state index in [2.05, 4.69) is 0 Å². The van der Waals surface area contributed by atoms with E-state index in [0.717, 1.165) is 29.5 Å². The number of ether oxygens (including phenoxy) is 1. The summed E-state index contributed by atoms with van der Waals surface area (Å²) in [6.45, 7) is 6.46. The minimum absolute atomic E-state index is 0. The molecule has 1 aliphatic heterocycles. The maximum atomic E-state index is 11.8. The number of hydrogen-bond donors (Lipinski definition) is 1. The molecule has 1 aliphatic rings. The Bertz CT molecular complexity index is 553. The summed E-state index contributed by atoms with van der Waals surface area (Å²) in [6, 6.07) is 3.58. The Hall–Kier alpha value is -0.776. The SMILES string of the molecule is Cc1cc(CCC(=O)OCCN2[CH]CCC2[C-]=O)cc(C)c1O.[Y]. The van der Waals surface area contributed by atoms with Crippen LogP contribution in [0, 0.1) is 20.4 Å². The van der Waals surface area contributed by atoms with Gasteiger partial charge in [0, 0.05) is 52.2 Å². The summed E-state index contributed by atoms with van der Waals surface area (Å²) in [4.78, 5) is 24.4. The molecule has 1 N–H and O–H groups in total. The smallest absolute Gasteiger partial charge is 0.306 e. The van der Waals surface area contributed by atoms with Crippen LogP contribution in [0.3, 0.4) is 0 Å². The van der Waals surface area contributed by atoms with Crippen molar-refractivity contribution in [1.29, 1.82) is 0 Å². The Morgan fingerprint density at radius 3 is 2.67 bits per heavy atom. The number of carbonyl (C=O) groups is 1. The van der Waals surface area contributed by atoms with Crippen LogP contribution in [0.1, 0.15) is 36.0 Å². The Kier molecular flexibility index (Phi) is 9.10. The van der Waals surface area contributed by atoms with E-state index >= 15 is 0 Å². The molecule has 1 atom stereocenters. The molecule has 0 aliphatic carbocycles. The van der Waals surface area contributed by atoms with Gasteiger partial charge in [0.1, 0.15) is 12.4 Å². The molecule has 1 aromatic rings. The Morgan fingerprint density at radius 1 is 1.38 bits per heavy atom. The van der Waals surface area contributed by atoms with E-state index in [0.29, 0.717) is 25.1 Å². The maximum Gasteiger partial charge on any atom is 0.306 e. The number of aromatic hydroxyl groups is 1. The zero-order valence-corrected chi connectivity index (χ0v) is 17.1. The van der Waals surface area contributed by atoms with Crippen molar-refractivity contribution < 1.29 is 52.1 Å². The average Bonchev–Trinajstić information content (AvgIpc) is 2.98. The molecule has 2 radical (unpaired) electrons. The quantitative estimate of drug-likeness (QED) is 0.556. The monoisotopic (exact) mass is 406 g/mol. The third kappa shape index (κ3) is 5.94. The number of benzene rings is 1. The molecule has 24 heavy (non-hydrogen) atoms. The first-order valence-corrected chi connectivity index (χ1v) is 7.92. The van der Waals surface area contributed by atoms with E-state index in [4.69, 9.17) is 4.74 Å². The Labute approximate surface area is 168 Å². The van der Waals surface area contributed by atoms with Crippen molar-refractivity contribution in [2.45, 2.75) is 45.6 Å². The summed E-state index contributed by atoms with van der Waals surface area (Å²) in [5.74, 6) is 0.0546. The normalized spacial score (nSPS) is 17.3. The van der Waals surface area contributed by atoms with Crippen LogP contribution in [0.2, 0.25) is 0 Å². The van der Waals surface area contributed by atoms with Gasteiger partial charge in [-0.25, -0.2) is 6.29 Å². The van der Waals surface area contributed by atoms with Gasteiger partial charge in [-0.15, -0.1) is 0 Å². The van der Waals surface area contributed by atoms with E-state index in [1.807, 2.05) is 43.7 Å². The fraction of sp³-hybridized carbons (Fsp3) is 0.500. The maximum absolute atomic E-state index is 11.8. The number of carbonyl (C=O) groups excluding carboxylic acids is 2. The third-order valence-electron chi connectivity index (χ3n) is 4.12. The summed E-state index contributed by atoms with van der Waals surface area (Å²) in [5.41, 5.74) is 2.64. The molecule has 0 saturated carbocycles. The van der Waals surface area contributed by atoms with Crippen LogP contribution in [0.4, 0.5) is 0 Å². The predicted molar refractivity (Wildman–Crippen MR) is 86.6 cm³/mol. The van der Waals surface area contributed by atoms with Gasteiger partial charge < -0.3 is 19.5 Å². The molecular weight excluding hydrogens is 383 g/mol. The molecule has 0 bridgehead atoms. The van der Waals surface area contributed by atoms with Crippen LogP contribution >= 0.6 is 0 Å². The molecular formula is C18H23NO4Y-. The number of hydrogen-bond acceptors (Lipinski definition) is 5. The van der Waals surface area contributed by atoms with E-state index in [1.165, 1.54) is 0 Å². The van der Waals surface area contributed by atoms with Gasteiger partial charge in [0.25, 0.3) is 0 Å². The molecule has 1 saturated heterocycles. The van der Waals surface area contributed by atoms with E-state index in [-0.39, 0.29) is 51.3 Å². The van der Waals surface area contributed by atoms with Crippen LogP contribution in [0.5, 0.6) is 5.75 Å². The van der Waals surface area contributed by atoms with Gasteiger partial charge in [0.05, 0.1) is 0 Å². The molecule has 6 heteroatoms. The van der Waals surface area contributed by atoms with Crippen molar-refractivity contribution >= 4 is 12.3 Å². The number of esters is 1. The summed E-state index contributed by atoms with van der Waals surface area (Å²) in [5, 5.41) is 9.74. The molecule has 128 valence electrons. The fourth-order valence-electron chi connectivity index (χ4n) is 2.84. The van der Waals surface area contributed by atoms with Crippen LogP contribution in [-0.2, 0) is 53.5 Å². The van der Waals surface area contributed by atoms with Gasteiger partial charge >= 0.3 is 5.97 Å². The van der Waals surface area contributed by atoms with Gasteiger partial charge in [-0.1, -0.05) is 24.6 Å². The van der Waals surface area contributed by atoms with Crippen molar-refractivity contribution in [2.75, 3.05) is 13.2 Å². The van der Waals surface area contributed by atoms with Crippen LogP contribution in [0.25, 0.3) is 0 Å². The van der Waals surface area contributed by atoms with E-state index < -0.39 is 0 Å². The number of rotatable bonds is 7. The van der Waals surface area contributed by atoms with Gasteiger partial charge in [0.2, 0.25) is 0 Å². The molecule has 1 aromatic carbocycles. The van der Waals surface area contributed by atoms with E-state index in [9.17, 15) is 14.7 Å². The van der Waals surface area contributed by atoms with Gasteiger partial charge in [-0.2, -0.15) is 0 Å². The standard InChI is InChI=1S/C18H23NO4.Y/c1-13-10-15(11-14(2)18(13)22)5-6-17(21)23-9-8-19-7-3-4-16(19)12-20;/h7,10-11,16,22H,3-6,8-9H2,1-2H3;/q-1;. The van der Waals surface area contributed by atoms with E-state index in [1.54, 1.807) is 0 Å².